The van der Waals surface area contributed by atoms with Gasteiger partial charge in [0.15, 0.2) is 0 Å². The number of nitro groups is 1. The summed E-state index contributed by atoms with van der Waals surface area (Å²) in [5, 5.41) is 10.6. The number of hydrogen-bond acceptors (Lipinski definition) is 5. The summed E-state index contributed by atoms with van der Waals surface area (Å²) in [4.78, 5) is 9.99. The van der Waals surface area contributed by atoms with Gasteiger partial charge in [-0.15, -0.1) is 0 Å². The molecular weight excluding hydrogens is 296 g/mol. The van der Waals surface area contributed by atoms with E-state index in [0.717, 1.165) is 16.4 Å². The number of sulfonamides is 1. The molecule has 1 aromatic carbocycles. The molecule has 0 amide bonds. The number of furan rings is 1. The van der Waals surface area contributed by atoms with Crippen molar-refractivity contribution in [3.63, 3.8) is 0 Å². The highest BCUT2D eigenvalue weighted by atomic mass is 32.2. The van der Waals surface area contributed by atoms with Crippen molar-refractivity contribution >= 4 is 15.7 Å². The highest BCUT2D eigenvalue weighted by molar-refractivity contribution is 7.89. The van der Waals surface area contributed by atoms with Crippen LogP contribution in [0.1, 0.15) is 11.5 Å². The van der Waals surface area contributed by atoms with Gasteiger partial charge in [0.1, 0.15) is 11.5 Å². The summed E-state index contributed by atoms with van der Waals surface area (Å²) >= 11 is 0. The van der Waals surface area contributed by atoms with Gasteiger partial charge in [-0.05, 0) is 31.2 Å². The zero-order valence-corrected chi connectivity index (χ0v) is 12.3. The van der Waals surface area contributed by atoms with Crippen LogP contribution in [0, 0.1) is 17.0 Å². The maximum atomic E-state index is 12.3. The van der Waals surface area contributed by atoms with Gasteiger partial charge in [0.05, 0.1) is 16.4 Å². The molecule has 0 bridgehead atoms. The third kappa shape index (κ3) is 3.29. The van der Waals surface area contributed by atoms with Gasteiger partial charge in [-0.25, -0.2) is 8.42 Å². The molecule has 0 saturated heterocycles. The molecule has 112 valence electrons. The molecule has 8 heteroatoms. The summed E-state index contributed by atoms with van der Waals surface area (Å²) in [7, 11) is -2.29. The molecule has 0 aliphatic rings. The number of benzene rings is 1. The number of aryl methyl sites for hydroxylation is 1. The number of non-ortho nitro benzene ring substituents is 1. The second-order valence-corrected chi connectivity index (χ2v) is 6.57. The van der Waals surface area contributed by atoms with Gasteiger partial charge >= 0.3 is 0 Å². The van der Waals surface area contributed by atoms with E-state index in [0.29, 0.717) is 11.5 Å². The molecule has 2 rings (SSSR count). The second kappa shape index (κ2) is 5.66. The lowest BCUT2D eigenvalue weighted by Crippen LogP contribution is -2.26. The first-order chi connectivity index (χ1) is 9.80. The fourth-order valence-corrected chi connectivity index (χ4v) is 2.93. The summed E-state index contributed by atoms with van der Waals surface area (Å²) in [6, 6.07) is 8.23. The van der Waals surface area contributed by atoms with Gasteiger partial charge in [0.2, 0.25) is 10.0 Å². The Labute approximate surface area is 122 Å². The topological polar surface area (TPSA) is 93.7 Å². The molecule has 1 aromatic heterocycles. The Hall–Kier alpha value is -2.19. The molecule has 7 nitrogen and oxygen atoms in total. The average Bonchev–Trinajstić information content (AvgIpc) is 2.84. The van der Waals surface area contributed by atoms with Gasteiger partial charge in [-0.2, -0.15) is 4.31 Å². The van der Waals surface area contributed by atoms with E-state index in [1.54, 1.807) is 19.1 Å². The molecule has 0 N–H and O–H groups in total. The van der Waals surface area contributed by atoms with Gasteiger partial charge in [-0.3, -0.25) is 10.1 Å². The van der Waals surface area contributed by atoms with Crippen LogP contribution in [0.4, 0.5) is 5.69 Å². The van der Waals surface area contributed by atoms with E-state index in [9.17, 15) is 18.5 Å². The van der Waals surface area contributed by atoms with E-state index < -0.39 is 14.9 Å². The van der Waals surface area contributed by atoms with Gasteiger partial charge < -0.3 is 4.42 Å². The van der Waals surface area contributed by atoms with Crippen molar-refractivity contribution in [2.45, 2.75) is 18.4 Å². The number of hydrogen-bond donors (Lipinski definition) is 0. The summed E-state index contributed by atoms with van der Waals surface area (Å²) in [6.45, 7) is 1.86. The molecule has 0 spiro atoms. The molecular formula is C13H14N2O5S. The minimum atomic E-state index is -3.72. The molecule has 21 heavy (non-hydrogen) atoms. The lowest BCUT2D eigenvalue weighted by molar-refractivity contribution is -0.384. The summed E-state index contributed by atoms with van der Waals surface area (Å²) in [5.41, 5.74) is -0.154. The van der Waals surface area contributed by atoms with Crippen molar-refractivity contribution in [2.24, 2.45) is 0 Å². The van der Waals surface area contributed by atoms with Crippen molar-refractivity contribution < 1.29 is 17.8 Å². The maximum Gasteiger partial charge on any atom is 0.269 e. The Morgan fingerprint density at radius 2 is 1.81 bits per heavy atom. The smallest absolute Gasteiger partial charge is 0.269 e. The molecule has 0 aliphatic carbocycles. The van der Waals surface area contributed by atoms with Crippen LogP contribution < -0.4 is 0 Å². The first kappa shape index (κ1) is 15.2. The average molecular weight is 310 g/mol. The van der Waals surface area contributed by atoms with Crippen LogP contribution in [0.3, 0.4) is 0 Å². The van der Waals surface area contributed by atoms with Crippen molar-refractivity contribution in [3.05, 3.63) is 58.0 Å². The van der Waals surface area contributed by atoms with E-state index in [1.807, 2.05) is 0 Å². The lowest BCUT2D eigenvalue weighted by atomic mass is 10.3. The fourth-order valence-electron chi connectivity index (χ4n) is 1.79. The molecule has 2 aromatic rings. The van der Waals surface area contributed by atoms with E-state index in [2.05, 4.69) is 0 Å². The lowest BCUT2D eigenvalue weighted by Gasteiger charge is -2.15. The Bertz CT molecular complexity index is 749. The van der Waals surface area contributed by atoms with Crippen molar-refractivity contribution in [2.75, 3.05) is 7.05 Å². The quantitative estimate of drug-likeness (QED) is 0.624. The van der Waals surface area contributed by atoms with Crippen LogP contribution in [-0.2, 0) is 16.6 Å². The normalized spacial score (nSPS) is 11.8. The van der Waals surface area contributed by atoms with Crippen LogP contribution in [0.15, 0.2) is 45.7 Å². The molecule has 0 atom stereocenters. The third-order valence-electron chi connectivity index (χ3n) is 2.93. The minimum Gasteiger partial charge on any atom is -0.465 e. The SMILES string of the molecule is Cc1ccc(CN(C)S(=O)(=O)c2ccc([N+](=O)[O-])cc2)o1. The van der Waals surface area contributed by atoms with Crippen molar-refractivity contribution in [3.8, 4) is 0 Å². The molecule has 0 radical (unpaired) electrons. The molecule has 0 saturated carbocycles. The van der Waals surface area contributed by atoms with Gasteiger partial charge in [-0.1, -0.05) is 0 Å². The third-order valence-corrected chi connectivity index (χ3v) is 4.75. The number of nitro benzene ring substituents is 1. The highest BCUT2D eigenvalue weighted by Crippen LogP contribution is 2.20. The van der Waals surface area contributed by atoms with Gasteiger partial charge in [0.25, 0.3) is 5.69 Å². The van der Waals surface area contributed by atoms with Crippen LogP contribution in [0.2, 0.25) is 0 Å². The van der Waals surface area contributed by atoms with Crippen LogP contribution in [0.5, 0.6) is 0 Å². The molecule has 0 unspecified atom stereocenters. The number of nitrogens with zero attached hydrogens (tertiary/aromatic N) is 2. The zero-order valence-electron chi connectivity index (χ0n) is 11.5. The van der Waals surface area contributed by atoms with Crippen LogP contribution >= 0.6 is 0 Å². The van der Waals surface area contributed by atoms with E-state index in [1.165, 1.54) is 19.2 Å². The Balaban J connectivity index is 2.22. The van der Waals surface area contributed by atoms with Crippen molar-refractivity contribution in [1.29, 1.82) is 0 Å². The zero-order chi connectivity index (χ0) is 15.6. The van der Waals surface area contributed by atoms with E-state index in [4.69, 9.17) is 4.42 Å². The summed E-state index contributed by atoms with van der Waals surface area (Å²) in [5.74, 6) is 1.23. The van der Waals surface area contributed by atoms with Crippen LogP contribution in [-0.4, -0.2) is 24.7 Å². The molecule has 0 fully saturated rings. The second-order valence-electron chi connectivity index (χ2n) is 4.52. The summed E-state index contributed by atoms with van der Waals surface area (Å²) < 4.78 is 31.1. The van der Waals surface area contributed by atoms with E-state index in [-0.39, 0.29) is 17.1 Å². The molecule has 0 aliphatic heterocycles. The minimum absolute atomic E-state index is 0.00104. The Morgan fingerprint density at radius 3 is 2.29 bits per heavy atom. The Kier molecular flexibility index (Phi) is 4.10. The Morgan fingerprint density at radius 1 is 1.19 bits per heavy atom. The maximum absolute atomic E-state index is 12.3. The van der Waals surface area contributed by atoms with Crippen LogP contribution in [0.25, 0.3) is 0 Å². The first-order valence-corrected chi connectivity index (χ1v) is 7.51. The molecule has 1 heterocycles. The number of rotatable bonds is 5. The standard InChI is InChI=1S/C13H14N2O5S/c1-10-3-6-12(20-10)9-14(2)21(18,19)13-7-4-11(5-8-13)15(16)17/h3-8H,9H2,1-2H3. The highest BCUT2D eigenvalue weighted by Gasteiger charge is 2.22. The van der Waals surface area contributed by atoms with Gasteiger partial charge in [0, 0.05) is 19.2 Å². The first-order valence-electron chi connectivity index (χ1n) is 6.07. The fraction of sp³-hybridized carbons (Fsp3) is 0.231. The predicted octanol–water partition coefficient (Wildman–Crippen LogP) is 2.32. The van der Waals surface area contributed by atoms with Crippen molar-refractivity contribution in [1.82, 2.24) is 4.31 Å². The largest absolute Gasteiger partial charge is 0.465 e. The monoisotopic (exact) mass is 310 g/mol. The predicted molar refractivity (Wildman–Crippen MR) is 75.2 cm³/mol. The van der Waals surface area contributed by atoms with E-state index >= 15 is 0 Å². The summed E-state index contributed by atoms with van der Waals surface area (Å²) in [6.07, 6.45) is 0.